The molecule has 0 saturated heterocycles. The van der Waals surface area contributed by atoms with Crippen molar-refractivity contribution in [2.45, 2.75) is 19.9 Å². The van der Waals surface area contributed by atoms with E-state index >= 15 is 0 Å². The van der Waals surface area contributed by atoms with Crippen LogP contribution in [0.1, 0.15) is 25.5 Å². The highest BCUT2D eigenvalue weighted by Crippen LogP contribution is 2.29. The SMILES string of the molecule is CC(C)n1c(-c2ccc(Cl)cc2)nc2cc(C#N)ccc21. The first-order chi connectivity index (χ1) is 10.1. The van der Waals surface area contributed by atoms with E-state index in [0.717, 1.165) is 22.4 Å². The average Bonchev–Trinajstić information content (AvgIpc) is 2.86. The number of benzene rings is 2. The van der Waals surface area contributed by atoms with E-state index in [1.54, 1.807) is 0 Å². The van der Waals surface area contributed by atoms with Gasteiger partial charge >= 0.3 is 0 Å². The first kappa shape index (κ1) is 13.7. The van der Waals surface area contributed by atoms with Gasteiger partial charge in [-0.3, -0.25) is 0 Å². The van der Waals surface area contributed by atoms with E-state index in [-0.39, 0.29) is 6.04 Å². The highest BCUT2D eigenvalue weighted by Gasteiger charge is 2.15. The Hall–Kier alpha value is -2.31. The maximum atomic E-state index is 9.03. The highest BCUT2D eigenvalue weighted by atomic mass is 35.5. The van der Waals surface area contributed by atoms with Crippen molar-refractivity contribution in [3.05, 3.63) is 53.1 Å². The Morgan fingerprint density at radius 3 is 2.48 bits per heavy atom. The Kier molecular flexibility index (Phi) is 3.40. The number of fused-ring (bicyclic) bond motifs is 1. The van der Waals surface area contributed by atoms with Crippen molar-refractivity contribution < 1.29 is 0 Å². The van der Waals surface area contributed by atoms with Crippen molar-refractivity contribution >= 4 is 22.6 Å². The fourth-order valence-electron chi connectivity index (χ4n) is 2.49. The van der Waals surface area contributed by atoms with Crippen molar-refractivity contribution in [3.8, 4) is 17.5 Å². The zero-order chi connectivity index (χ0) is 15.0. The van der Waals surface area contributed by atoms with Gasteiger partial charge in [-0.25, -0.2) is 4.98 Å². The van der Waals surface area contributed by atoms with Crippen molar-refractivity contribution in [2.24, 2.45) is 0 Å². The molecule has 0 amide bonds. The number of aromatic nitrogens is 2. The second-order valence-electron chi connectivity index (χ2n) is 5.22. The van der Waals surface area contributed by atoms with Crippen LogP contribution in [-0.4, -0.2) is 9.55 Å². The molecule has 3 aromatic rings. The van der Waals surface area contributed by atoms with Crippen molar-refractivity contribution in [1.29, 1.82) is 5.26 Å². The van der Waals surface area contributed by atoms with Crippen LogP contribution in [0.4, 0.5) is 0 Å². The van der Waals surface area contributed by atoms with Crippen LogP contribution in [0, 0.1) is 11.3 Å². The number of rotatable bonds is 2. The minimum Gasteiger partial charge on any atom is -0.321 e. The lowest BCUT2D eigenvalue weighted by Gasteiger charge is -2.13. The second-order valence-corrected chi connectivity index (χ2v) is 5.66. The zero-order valence-corrected chi connectivity index (χ0v) is 12.6. The highest BCUT2D eigenvalue weighted by molar-refractivity contribution is 6.30. The van der Waals surface area contributed by atoms with Crippen LogP contribution in [0.2, 0.25) is 5.02 Å². The molecule has 2 aromatic carbocycles. The van der Waals surface area contributed by atoms with Gasteiger partial charge in [-0.2, -0.15) is 5.26 Å². The molecule has 104 valence electrons. The molecule has 0 N–H and O–H groups in total. The minimum atomic E-state index is 0.272. The molecular formula is C17H14ClN3. The molecule has 4 heteroatoms. The standard InChI is InChI=1S/C17H14ClN3/c1-11(2)21-16-8-3-12(10-19)9-15(16)20-17(21)13-4-6-14(18)7-5-13/h3-9,11H,1-2H3. The molecule has 0 aliphatic heterocycles. The van der Waals surface area contributed by atoms with Crippen LogP contribution in [0.5, 0.6) is 0 Å². The van der Waals surface area contributed by atoms with Crippen molar-refractivity contribution in [3.63, 3.8) is 0 Å². The van der Waals surface area contributed by atoms with E-state index in [4.69, 9.17) is 21.8 Å². The summed E-state index contributed by atoms with van der Waals surface area (Å²) in [5.74, 6) is 0.895. The van der Waals surface area contributed by atoms with Gasteiger partial charge in [0, 0.05) is 16.6 Å². The fourth-order valence-corrected chi connectivity index (χ4v) is 2.62. The van der Waals surface area contributed by atoms with Crippen LogP contribution in [0.25, 0.3) is 22.4 Å². The van der Waals surface area contributed by atoms with Gasteiger partial charge in [0.1, 0.15) is 5.82 Å². The molecule has 0 unspecified atom stereocenters. The van der Waals surface area contributed by atoms with Gasteiger partial charge in [-0.1, -0.05) is 11.6 Å². The number of nitriles is 1. The summed E-state index contributed by atoms with van der Waals surface area (Å²) in [5, 5.41) is 9.74. The molecule has 21 heavy (non-hydrogen) atoms. The molecule has 1 heterocycles. The molecule has 0 spiro atoms. The van der Waals surface area contributed by atoms with Crippen LogP contribution in [0.15, 0.2) is 42.5 Å². The van der Waals surface area contributed by atoms with Gasteiger partial charge in [0.2, 0.25) is 0 Å². The Balaban J connectivity index is 2.28. The predicted molar refractivity (Wildman–Crippen MR) is 85.3 cm³/mol. The molecule has 0 aliphatic carbocycles. The van der Waals surface area contributed by atoms with Crippen molar-refractivity contribution in [2.75, 3.05) is 0 Å². The van der Waals surface area contributed by atoms with Crippen LogP contribution >= 0.6 is 11.6 Å². The quantitative estimate of drug-likeness (QED) is 0.681. The largest absolute Gasteiger partial charge is 0.321 e. The van der Waals surface area contributed by atoms with E-state index < -0.39 is 0 Å². The smallest absolute Gasteiger partial charge is 0.141 e. The molecule has 3 nitrogen and oxygen atoms in total. The molecule has 3 rings (SSSR count). The van der Waals surface area contributed by atoms with Crippen LogP contribution in [-0.2, 0) is 0 Å². The molecule has 0 atom stereocenters. The lowest BCUT2D eigenvalue weighted by atomic mass is 10.2. The van der Waals surface area contributed by atoms with Crippen LogP contribution < -0.4 is 0 Å². The summed E-state index contributed by atoms with van der Waals surface area (Å²) >= 11 is 5.96. The molecule has 0 saturated carbocycles. The molecular weight excluding hydrogens is 282 g/mol. The van der Waals surface area contributed by atoms with Gasteiger partial charge in [-0.15, -0.1) is 0 Å². The number of halogens is 1. The number of nitrogens with zero attached hydrogens (tertiary/aromatic N) is 3. The molecule has 0 fully saturated rings. The third-order valence-corrected chi connectivity index (χ3v) is 3.69. The maximum Gasteiger partial charge on any atom is 0.141 e. The van der Waals surface area contributed by atoms with Gasteiger partial charge in [0.05, 0.1) is 22.7 Å². The summed E-state index contributed by atoms with van der Waals surface area (Å²) in [6.07, 6.45) is 0. The zero-order valence-electron chi connectivity index (χ0n) is 11.8. The normalized spacial score (nSPS) is 11.0. The fraction of sp³-hybridized carbons (Fsp3) is 0.176. The predicted octanol–water partition coefficient (Wildman–Crippen LogP) is 4.81. The monoisotopic (exact) mass is 295 g/mol. The van der Waals surface area contributed by atoms with E-state index in [1.807, 2.05) is 42.5 Å². The summed E-state index contributed by atoms with van der Waals surface area (Å²) in [5.41, 5.74) is 3.52. The van der Waals surface area contributed by atoms with Gasteiger partial charge < -0.3 is 4.57 Å². The topological polar surface area (TPSA) is 41.6 Å². The molecule has 0 aliphatic rings. The summed E-state index contributed by atoms with van der Waals surface area (Å²) in [7, 11) is 0. The molecule has 0 radical (unpaired) electrons. The van der Waals surface area contributed by atoms with E-state index in [2.05, 4.69) is 24.5 Å². The lowest BCUT2D eigenvalue weighted by Crippen LogP contribution is -2.02. The molecule has 1 aromatic heterocycles. The summed E-state index contributed by atoms with van der Waals surface area (Å²) in [4.78, 5) is 4.71. The first-order valence-electron chi connectivity index (χ1n) is 6.78. The van der Waals surface area contributed by atoms with Crippen molar-refractivity contribution in [1.82, 2.24) is 9.55 Å². The summed E-state index contributed by atoms with van der Waals surface area (Å²) < 4.78 is 2.18. The Morgan fingerprint density at radius 1 is 1.14 bits per heavy atom. The van der Waals surface area contributed by atoms with E-state index in [1.165, 1.54) is 0 Å². The van der Waals surface area contributed by atoms with Gasteiger partial charge in [0.25, 0.3) is 0 Å². The number of imidazole rings is 1. The Bertz CT molecular complexity index is 839. The Morgan fingerprint density at radius 2 is 1.86 bits per heavy atom. The Labute approximate surface area is 128 Å². The third kappa shape index (κ3) is 2.39. The number of hydrogen-bond acceptors (Lipinski definition) is 2. The van der Waals surface area contributed by atoms with Crippen LogP contribution in [0.3, 0.4) is 0 Å². The molecule has 0 bridgehead atoms. The maximum absolute atomic E-state index is 9.03. The summed E-state index contributed by atoms with van der Waals surface area (Å²) in [6.45, 7) is 4.25. The van der Waals surface area contributed by atoms with Gasteiger partial charge in [-0.05, 0) is 56.3 Å². The first-order valence-corrected chi connectivity index (χ1v) is 7.16. The average molecular weight is 296 g/mol. The van der Waals surface area contributed by atoms with E-state index in [0.29, 0.717) is 10.6 Å². The van der Waals surface area contributed by atoms with Gasteiger partial charge in [0.15, 0.2) is 0 Å². The third-order valence-electron chi connectivity index (χ3n) is 3.44. The second kappa shape index (κ2) is 5.23. The van der Waals surface area contributed by atoms with E-state index in [9.17, 15) is 0 Å². The summed E-state index contributed by atoms with van der Waals surface area (Å²) in [6, 6.07) is 15.7. The minimum absolute atomic E-state index is 0.272. The number of hydrogen-bond donors (Lipinski definition) is 0. The lowest BCUT2D eigenvalue weighted by molar-refractivity contribution is 0.624.